The van der Waals surface area contributed by atoms with Crippen LogP contribution < -0.4 is 5.32 Å². The van der Waals surface area contributed by atoms with Crippen molar-refractivity contribution in [3.05, 3.63) is 0 Å². The summed E-state index contributed by atoms with van der Waals surface area (Å²) in [5.74, 6) is 0. The van der Waals surface area contributed by atoms with E-state index in [1.54, 1.807) is 0 Å². The summed E-state index contributed by atoms with van der Waals surface area (Å²) in [6.07, 6.45) is 2.51. The molecular weight excluding hydrogens is 202 g/mol. The van der Waals surface area contributed by atoms with Crippen molar-refractivity contribution in [2.24, 2.45) is 0 Å². The molecule has 1 fully saturated rings. The molecule has 2 N–H and O–H groups in total. The first-order valence-corrected chi connectivity index (χ1v) is 6.38. The van der Waals surface area contributed by atoms with Crippen LogP contribution in [0.3, 0.4) is 0 Å². The van der Waals surface area contributed by atoms with Crippen LogP contribution in [0.1, 0.15) is 53.9 Å². The van der Waals surface area contributed by atoms with Crippen molar-refractivity contribution in [1.29, 1.82) is 0 Å². The molecule has 2 atom stereocenters. The second kappa shape index (κ2) is 5.03. The van der Waals surface area contributed by atoms with Crippen LogP contribution in [0.4, 0.5) is 0 Å². The third-order valence-corrected chi connectivity index (χ3v) is 3.41. The summed E-state index contributed by atoms with van der Waals surface area (Å²) >= 11 is 0. The zero-order valence-electron chi connectivity index (χ0n) is 11.3. The molecule has 1 rings (SSSR count). The van der Waals surface area contributed by atoms with Crippen LogP contribution in [-0.4, -0.2) is 35.0 Å². The van der Waals surface area contributed by atoms with Crippen molar-refractivity contribution >= 4 is 0 Å². The van der Waals surface area contributed by atoms with Gasteiger partial charge in [-0.25, -0.2) is 0 Å². The maximum absolute atomic E-state index is 9.49. The van der Waals surface area contributed by atoms with E-state index >= 15 is 0 Å². The van der Waals surface area contributed by atoms with Gasteiger partial charge >= 0.3 is 0 Å². The van der Waals surface area contributed by atoms with Crippen molar-refractivity contribution in [2.45, 2.75) is 77.2 Å². The summed E-state index contributed by atoms with van der Waals surface area (Å²) < 4.78 is 6.01. The zero-order valence-corrected chi connectivity index (χ0v) is 11.3. The fourth-order valence-electron chi connectivity index (χ4n) is 2.51. The highest BCUT2D eigenvalue weighted by Crippen LogP contribution is 2.37. The number of ether oxygens (including phenoxy) is 1. The lowest BCUT2D eigenvalue weighted by atomic mass is 9.94. The lowest BCUT2D eigenvalue weighted by Crippen LogP contribution is -2.44. The summed E-state index contributed by atoms with van der Waals surface area (Å²) in [6, 6.07) is 0.381. The maximum Gasteiger partial charge on any atom is 0.0787 e. The van der Waals surface area contributed by atoms with Gasteiger partial charge in [0, 0.05) is 6.04 Å². The lowest BCUT2D eigenvalue weighted by molar-refractivity contribution is -0.0699. The molecule has 0 aromatic heterocycles. The number of nitrogens with one attached hydrogen (secondary N) is 1. The topological polar surface area (TPSA) is 41.5 Å². The minimum absolute atomic E-state index is 0.0372. The third-order valence-electron chi connectivity index (χ3n) is 3.41. The molecule has 0 spiro atoms. The van der Waals surface area contributed by atoms with Crippen LogP contribution in [0.25, 0.3) is 0 Å². The van der Waals surface area contributed by atoms with E-state index in [1.165, 1.54) is 0 Å². The second-order valence-corrected chi connectivity index (χ2v) is 6.03. The monoisotopic (exact) mass is 229 g/mol. The summed E-state index contributed by atoms with van der Waals surface area (Å²) in [5.41, 5.74) is -0.148. The number of aliphatic hydroxyl groups excluding tert-OH is 1. The maximum atomic E-state index is 9.49. The molecule has 0 bridgehead atoms. The van der Waals surface area contributed by atoms with Crippen LogP contribution in [-0.2, 0) is 4.74 Å². The van der Waals surface area contributed by atoms with Gasteiger partial charge in [0.15, 0.2) is 0 Å². The zero-order chi connectivity index (χ0) is 12.4. The average Bonchev–Trinajstić information content (AvgIpc) is 2.34. The Labute approximate surface area is 99.6 Å². The normalized spacial score (nSPS) is 29.2. The Bertz CT molecular complexity index is 226. The van der Waals surface area contributed by atoms with Crippen molar-refractivity contribution in [3.8, 4) is 0 Å². The smallest absolute Gasteiger partial charge is 0.0787 e. The molecule has 0 aromatic rings. The summed E-state index contributed by atoms with van der Waals surface area (Å²) in [4.78, 5) is 0. The van der Waals surface area contributed by atoms with Gasteiger partial charge in [0.2, 0.25) is 0 Å². The Morgan fingerprint density at radius 1 is 1.38 bits per heavy atom. The Morgan fingerprint density at radius 3 is 2.44 bits per heavy atom. The fraction of sp³-hybridized carbons (Fsp3) is 1.00. The molecule has 0 amide bonds. The van der Waals surface area contributed by atoms with E-state index in [0.29, 0.717) is 6.04 Å². The van der Waals surface area contributed by atoms with Gasteiger partial charge in [-0.05, 0) is 53.5 Å². The standard InChI is InChI=1S/C13H27NO2/c1-6-10(15)7-8-14-11-9-12(2,3)16-13(11,4)5/h10-11,14-15H,6-9H2,1-5H3. The molecule has 96 valence electrons. The van der Waals surface area contributed by atoms with Gasteiger partial charge in [0.25, 0.3) is 0 Å². The highest BCUT2D eigenvalue weighted by atomic mass is 16.5. The first-order valence-electron chi connectivity index (χ1n) is 6.38. The SMILES string of the molecule is CCC(O)CCNC1CC(C)(C)OC1(C)C. The minimum Gasteiger partial charge on any atom is -0.393 e. The van der Waals surface area contributed by atoms with Crippen LogP contribution in [0.5, 0.6) is 0 Å². The highest BCUT2D eigenvalue weighted by Gasteiger charge is 2.45. The molecule has 1 aliphatic rings. The van der Waals surface area contributed by atoms with Crippen molar-refractivity contribution in [1.82, 2.24) is 5.32 Å². The highest BCUT2D eigenvalue weighted by molar-refractivity contribution is 4.98. The Balaban J connectivity index is 2.37. The number of aliphatic hydroxyl groups is 1. The molecule has 3 nitrogen and oxygen atoms in total. The molecule has 0 radical (unpaired) electrons. The molecule has 1 heterocycles. The van der Waals surface area contributed by atoms with Crippen LogP contribution >= 0.6 is 0 Å². The molecule has 3 heteroatoms. The van der Waals surface area contributed by atoms with E-state index in [1.807, 2.05) is 6.92 Å². The number of rotatable bonds is 5. The predicted octanol–water partition coefficient (Wildman–Crippen LogP) is 2.08. The molecule has 1 saturated heterocycles. The van der Waals surface area contributed by atoms with Crippen LogP contribution in [0.15, 0.2) is 0 Å². The van der Waals surface area contributed by atoms with Gasteiger partial charge in [-0.3, -0.25) is 0 Å². The average molecular weight is 229 g/mol. The summed E-state index contributed by atoms with van der Waals surface area (Å²) in [6.45, 7) is 11.4. The van der Waals surface area contributed by atoms with Gasteiger partial charge in [0.05, 0.1) is 17.3 Å². The van der Waals surface area contributed by atoms with E-state index in [-0.39, 0.29) is 17.3 Å². The molecule has 16 heavy (non-hydrogen) atoms. The van der Waals surface area contributed by atoms with Gasteiger partial charge in [-0.1, -0.05) is 6.92 Å². The first kappa shape index (κ1) is 13.9. The molecule has 2 unspecified atom stereocenters. The molecular formula is C13H27NO2. The van der Waals surface area contributed by atoms with Gasteiger partial charge < -0.3 is 15.2 Å². The third kappa shape index (κ3) is 3.72. The van der Waals surface area contributed by atoms with E-state index in [4.69, 9.17) is 4.74 Å². The van der Waals surface area contributed by atoms with Crippen molar-refractivity contribution in [2.75, 3.05) is 6.54 Å². The summed E-state index contributed by atoms with van der Waals surface area (Å²) in [5, 5.41) is 13.0. The van der Waals surface area contributed by atoms with Crippen LogP contribution in [0, 0.1) is 0 Å². The Kier molecular flexibility index (Phi) is 4.38. The number of hydrogen-bond acceptors (Lipinski definition) is 3. The molecule has 0 saturated carbocycles. The van der Waals surface area contributed by atoms with Crippen molar-refractivity contribution in [3.63, 3.8) is 0 Å². The van der Waals surface area contributed by atoms with Crippen LogP contribution in [0.2, 0.25) is 0 Å². The first-order chi connectivity index (χ1) is 7.27. The lowest BCUT2D eigenvalue weighted by Gasteiger charge is -2.28. The molecule has 0 aromatic carbocycles. The minimum atomic E-state index is -0.175. The largest absolute Gasteiger partial charge is 0.393 e. The second-order valence-electron chi connectivity index (χ2n) is 6.03. The number of hydrogen-bond donors (Lipinski definition) is 2. The van der Waals surface area contributed by atoms with E-state index in [9.17, 15) is 5.11 Å². The predicted molar refractivity (Wildman–Crippen MR) is 66.6 cm³/mol. The van der Waals surface area contributed by atoms with Gasteiger partial charge in [-0.2, -0.15) is 0 Å². The quantitative estimate of drug-likeness (QED) is 0.758. The van der Waals surface area contributed by atoms with Gasteiger partial charge in [-0.15, -0.1) is 0 Å². The Hall–Kier alpha value is -0.120. The van der Waals surface area contributed by atoms with Gasteiger partial charge in [0.1, 0.15) is 0 Å². The van der Waals surface area contributed by atoms with E-state index in [0.717, 1.165) is 25.8 Å². The molecule has 0 aliphatic carbocycles. The van der Waals surface area contributed by atoms with Crippen molar-refractivity contribution < 1.29 is 9.84 Å². The Morgan fingerprint density at radius 2 is 2.00 bits per heavy atom. The fourth-order valence-corrected chi connectivity index (χ4v) is 2.51. The summed E-state index contributed by atoms with van der Waals surface area (Å²) in [7, 11) is 0. The van der Waals surface area contributed by atoms with E-state index < -0.39 is 0 Å². The molecule has 1 aliphatic heterocycles. The van der Waals surface area contributed by atoms with E-state index in [2.05, 4.69) is 33.0 Å².